The highest BCUT2D eigenvalue weighted by atomic mass is 19.4. The van der Waals surface area contributed by atoms with Crippen molar-refractivity contribution in [3.05, 3.63) is 66.5 Å². The van der Waals surface area contributed by atoms with Gasteiger partial charge in [-0.25, -0.2) is 14.2 Å². The molecule has 1 fully saturated rings. The standard InChI is InChI=1S/C21H20FN7O.C2HF3O2/c22-16-4-1-5-17(11-16)29-14-25-18-19(24-13-15-3-2-6-23-12-15)26-21(27-20(18)29)28-7-9-30-10-8-28;3-2(4,5)1(6)7/h1-6,11-12,14H,7-10,13H2,(H,24,26,27);(H,6,7). The summed E-state index contributed by atoms with van der Waals surface area (Å²) >= 11 is 0. The number of nitrogens with zero attached hydrogens (tertiary/aromatic N) is 6. The van der Waals surface area contributed by atoms with E-state index >= 15 is 0 Å². The maximum Gasteiger partial charge on any atom is 0.490 e. The first-order valence-corrected chi connectivity index (χ1v) is 11.0. The molecule has 5 rings (SSSR count). The van der Waals surface area contributed by atoms with Gasteiger partial charge in [-0.15, -0.1) is 0 Å². The molecular weight excluding hydrogens is 498 g/mol. The van der Waals surface area contributed by atoms with E-state index in [9.17, 15) is 17.6 Å². The number of carbonyl (C=O) groups is 1. The van der Waals surface area contributed by atoms with E-state index in [0.717, 1.165) is 5.56 Å². The Balaban J connectivity index is 0.000000405. The number of imidazole rings is 1. The molecule has 0 spiro atoms. The summed E-state index contributed by atoms with van der Waals surface area (Å²) in [6.07, 6.45) is 0.107. The number of aliphatic carboxylic acids is 1. The predicted octanol–water partition coefficient (Wildman–Crippen LogP) is 3.43. The number of alkyl halides is 3. The van der Waals surface area contributed by atoms with Crippen molar-refractivity contribution in [1.82, 2.24) is 24.5 Å². The van der Waals surface area contributed by atoms with Crippen LogP contribution in [0.15, 0.2) is 55.1 Å². The summed E-state index contributed by atoms with van der Waals surface area (Å²) in [5.74, 6) is -1.85. The fraction of sp³-hybridized carbons (Fsp3) is 0.261. The van der Waals surface area contributed by atoms with Crippen molar-refractivity contribution in [2.45, 2.75) is 12.7 Å². The van der Waals surface area contributed by atoms with Crippen LogP contribution in [0.1, 0.15) is 5.56 Å². The number of anilines is 2. The Labute approximate surface area is 207 Å². The molecule has 14 heteroatoms. The molecule has 0 atom stereocenters. The van der Waals surface area contributed by atoms with Crippen LogP contribution in [0.2, 0.25) is 0 Å². The van der Waals surface area contributed by atoms with E-state index in [-0.39, 0.29) is 5.82 Å². The minimum absolute atomic E-state index is 0.313. The number of halogens is 4. The second-order valence-electron chi connectivity index (χ2n) is 7.76. The van der Waals surface area contributed by atoms with Crippen molar-refractivity contribution in [2.24, 2.45) is 0 Å². The van der Waals surface area contributed by atoms with Gasteiger partial charge in [0.1, 0.15) is 12.1 Å². The van der Waals surface area contributed by atoms with Gasteiger partial charge in [-0.05, 0) is 29.8 Å². The summed E-state index contributed by atoms with van der Waals surface area (Å²) in [5, 5.41) is 10.5. The number of rotatable bonds is 5. The Morgan fingerprint density at radius 3 is 2.54 bits per heavy atom. The molecule has 0 aliphatic carbocycles. The molecule has 194 valence electrons. The van der Waals surface area contributed by atoms with Gasteiger partial charge in [0.15, 0.2) is 17.0 Å². The fourth-order valence-corrected chi connectivity index (χ4v) is 3.42. The summed E-state index contributed by atoms with van der Waals surface area (Å²) in [4.78, 5) is 29.2. The second kappa shape index (κ2) is 11.2. The Kier molecular flexibility index (Phi) is 7.77. The molecule has 1 aromatic carbocycles. The highest BCUT2D eigenvalue weighted by molar-refractivity contribution is 5.85. The van der Waals surface area contributed by atoms with Gasteiger partial charge in [-0.3, -0.25) is 9.55 Å². The van der Waals surface area contributed by atoms with E-state index in [1.165, 1.54) is 12.1 Å². The number of fused-ring (bicyclic) bond motifs is 1. The molecular formula is C23H21F4N7O3. The maximum absolute atomic E-state index is 13.8. The first-order chi connectivity index (χ1) is 17.7. The number of ether oxygens (including phenoxy) is 1. The van der Waals surface area contributed by atoms with E-state index in [2.05, 4.69) is 20.2 Å². The van der Waals surface area contributed by atoms with Crippen LogP contribution in [0.4, 0.5) is 29.3 Å². The van der Waals surface area contributed by atoms with Crippen molar-refractivity contribution in [3.63, 3.8) is 0 Å². The summed E-state index contributed by atoms with van der Waals surface area (Å²) in [6, 6.07) is 10.3. The molecule has 0 amide bonds. The zero-order chi connectivity index (χ0) is 26.4. The van der Waals surface area contributed by atoms with Crippen molar-refractivity contribution in [2.75, 3.05) is 36.5 Å². The smallest absolute Gasteiger partial charge is 0.475 e. The van der Waals surface area contributed by atoms with E-state index < -0.39 is 12.1 Å². The molecule has 0 radical (unpaired) electrons. The molecule has 4 aromatic rings. The van der Waals surface area contributed by atoms with E-state index in [4.69, 9.17) is 24.6 Å². The van der Waals surface area contributed by atoms with Crippen molar-refractivity contribution < 1.29 is 32.2 Å². The first-order valence-electron chi connectivity index (χ1n) is 11.0. The zero-order valence-electron chi connectivity index (χ0n) is 19.2. The maximum atomic E-state index is 13.8. The van der Waals surface area contributed by atoms with Gasteiger partial charge in [-0.1, -0.05) is 12.1 Å². The number of nitrogens with one attached hydrogen (secondary N) is 1. The summed E-state index contributed by atoms with van der Waals surface area (Å²) in [7, 11) is 0. The molecule has 2 N–H and O–H groups in total. The third-order valence-electron chi connectivity index (χ3n) is 5.19. The highest BCUT2D eigenvalue weighted by Gasteiger charge is 2.38. The Bertz CT molecular complexity index is 1360. The van der Waals surface area contributed by atoms with Gasteiger partial charge >= 0.3 is 12.1 Å². The van der Waals surface area contributed by atoms with Crippen LogP contribution in [0.3, 0.4) is 0 Å². The normalized spacial score (nSPS) is 13.7. The number of hydrogen-bond donors (Lipinski definition) is 2. The Morgan fingerprint density at radius 1 is 1.14 bits per heavy atom. The molecule has 3 aromatic heterocycles. The van der Waals surface area contributed by atoms with Crippen LogP contribution < -0.4 is 10.2 Å². The van der Waals surface area contributed by atoms with Gasteiger partial charge in [-0.2, -0.15) is 23.1 Å². The topological polar surface area (TPSA) is 118 Å². The number of benzene rings is 1. The zero-order valence-corrected chi connectivity index (χ0v) is 19.2. The SMILES string of the molecule is Fc1cccc(-n2cnc3c(NCc4cccnc4)nc(N4CCOCC4)nc32)c1.O=C(O)C(F)(F)F. The molecule has 10 nitrogen and oxygen atoms in total. The number of morpholine rings is 1. The van der Waals surface area contributed by atoms with E-state index in [1.54, 1.807) is 29.4 Å². The van der Waals surface area contributed by atoms with Crippen LogP contribution >= 0.6 is 0 Å². The van der Waals surface area contributed by atoms with Crippen LogP contribution in [0, 0.1) is 5.82 Å². The molecule has 1 aliphatic rings. The largest absolute Gasteiger partial charge is 0.490 e. The van der Waals surface area contributed by atoms with Gasteiger partial charge in [0, 0.05) is 32.0 Å². The Morgan fingerprint density at radius 2 is 1.89 bits per heavy atom. The quantitative estimate of drug-likeness (QED) is 0.382. The minimum atomic E-state index is -5.08. The van der Waals surface area contributed by atoms with Crippen LogP contribution in [0.5, 0.6) is 0 Å². The lowest BCUT2D eigenvalue weighted by Crippen LogP contribution is -2.37. The molecule has 0 saturated carbocycles. The molecule has 1 saturated heterocycles. The summed E-state index contributed by atoms with van der Waals surface area (Å²) < 4.78 is 52.8. The summed E-state index contributed by atoms with van der Waals surface area (Å²) in [5.41, 5.74) is 2.93. The third kappa shape index (κ3) is 6.46. The monoisotopic (exact) mass is 519 g/mol. The van der Waals surface area contributed by atoms with Crippen molar-refractivity contribution in [1.29, 1.82) is 0 Å². The predicted molar refractivity (Wildman–Crippen MR) is 125 cm³/mol. The van der Waals surface area contributed by atoms with Gasteiger partial charge < -0.3 is 20.1 Å². The number of pyridine rings is 1. The third-order valence-corrected chi connectivity index (χ3v) is 5.19. The second-order valence-corrected chi connectivity index (χ2v) is 7.76. The van der Waals surface area contributed by atoms with Crippen molar-refractivity contribution in [3.8, 4) is 5.69 Å². The molecule has 4 heterocycles. The van der Waals surface area contributed by atoms with E-state index in [0.29, 0.717) is 61.5 Å². The fourth-order valence-electron chi connectivity index (χ4n) is 3.42. The van der Waals surface area contributed by atoms with E-state index in [1.807, 2.05) is 18.2 Å². The van der Waals surface area contributed by atoms with Crippen LogP contribution in [-0.2, 0) is 16.1 Å². The number of hydrogen-bond acceptors (Lipinski definition) is 8. The Hall–Kier alpha value is -4.33. The summed E-state index contributed by atoms with van der Waals surface area (Å²) in [6.45, 7) is 3.23. The molecule has 0 unspecified atom stereocenters. The molecule has 1 aliphatic heterocycles. The van der Waals surface area contributed by atoms with Gasteiger partial charge in [0.2, 0.25) is 5.95 Å². The average Bonchev–Trinajstić information content (AvgIpc) is 3.32. The minimum Gasteiger partial charge on any atom is -0.475 e. The highest BCUT2D eigenvalue weighted by Crippen LogP contribution is 2.26. The lowest BCUT2D eigenvalue weighted by Gasteiger charge is -2.27. The van der Waals surface area contributed by atoms with Gasteiger partial charge in [0.05, 0.1) is 18.9 Å². The molecule has 0 bridgehead atoms. The number of carboxylic acid groups (broad SMARTS) is 1. The van der Waals surface area contributed by atoms with Crippen molar-refractivity contribution >= 4 is 28.9 Å². The lowest BCUT2D eigenvalue weighted by molar-refractivity contribution is -0.192. The van der Waals surface area contributed by atoms with Crippen LogP contribution in [-0.4, -0.2) is 68.1 Å². The first kappa shape index (κ1) is 25.8. The molecule has 37 heavy (non-hydrogen) atoms. The number of carboxylic acids is 1. The average molecular weight is 519 g/mol. The van der Waals surface area contributed by atoms with Crippen LogP contribution in [0.25, 0.3) is 16.9 Å². The number of aromatic nitrogens is 5. The van der Waals surface area contributed by atoms with Gasteiger partial charge in [0.25, 0.3) is 0 Å². The lowest BCUT2D eigenvalue weighted by atomic mass is 10.3.